The van der Waals surface area contributed by atoms with Gasteiger partial charge in [-0.05, 0) is 63.3 Å². The van der Waals surface area contributed by atoms with Crippen LogP contribution in [-0.2, 0) is 10.4 Å². The van der Waals surface area contributed by atoms with Crippen LogP contribution >= 0.6 is 0 Å². The number of piperidine rings is 1. The lowest BCUT2D eigenvalue weighted by molar-refractivity contribution is -0.142. The molecule has 0 radical (unpaired) electrons. The number of likely N-dealkylation sites (tertiary alicyclic amines) is 1. The number of rotatable bonds is 7. The van der Waals surface area contributed by atoms with Gasteiger partial charge < -0.3 is 25.0 Å². The number of halogens is 1. The van der Waals surface area contributed by atoms with E-state index in [1.54, 1.807) is 31.1 Å². The molecular formula is C24H32FN3O3. The lowest BCUT2D eigenvalue weighted by Crippen LogP contribution is -2.56. The highest BCUT2D eigenvalue weighted by atomic mass is 19.1. The molecule has 3 atom stereocenters. The molecule has 1 aliphatic heterocycles. The van der Waals surface area contributed by atoms with Crippen molar-refractivity contribution in [2.45, 2.75) is 25.0 Å². The van der Waals surface area contributed by atoms with E-state index in [9.17, 15) is 14.3 Å². The van der Waals surface area contributed by atoms with Gasteiger partial charge in [0.25, 0.3) is 0 Å². The average molecular weight is 430 g/mol. The molecule has 1 heterocycles. The Balaban J connectivity index is 1.77. The Morgan fingerprint density at radius 1 is 1.32 bits per heavy atom. The Bertz CT molecular complexity index is 907. The van der Waals surface area contributed by atoms with Gasteiger partial charge in [0.15, 0.2) is 0 Å². The van der Waals surface area contributed by atoms with Gasteiger partial charge >= 0.3 is 0 Å². The molecule has 2 aromatic carbocycles. The van der Waals surface area contributed by atoms with E-state index in [1.807, 2.05) is 43.3 Å². The first-order chi connectivity index (χ1) is 14.7. The van der Waals surface area contributed by atoms with Crippen molar-refractivity contribution in [1.29, 1.82) is 0 Å². The second kappa shape index (κ2) is 9.66. The predicted octanol–water partition coefficient (Wildman–Crippen LogP) is 2.93. The van der Waals surface area contributed by atoms with Crippen molar-refractivity contribution in [1.82, 2.24) is 9.80 Å². The third-order valence-corrected chi connectivity index (χ3v) is 5.92. The molecule has 0 aromatic heterocycles. The molecule has 2 aromatic rings. The molecule has 168 valence electrons. The van der Waals surface area contributed by atoms with Crippen LogP contribution in [0, 0.1) is 11.7 Å². The second-order valence-electron chi connectivity index (χ2n) is 8.53. The van der Waals surface area contributed by atoms with Crippen molar-refractivity contribution < 1.29 is 19.0 Å². The summed E-state index contributed by atoms with van der Waals surface area (Å²) in [5, 5.41) is 14.8. The maximum Gasteiger partial charge on any atom is 0.244 e. The maximum absolute atomic E-state index is 13.5. The number of carbonyl (C=O) groups is 1. The van der Waals surface area contributed by atoms with Gasteiger partial charge in [0.05, 0.1) is 12.7 Å². The summed E-state index contributed by atoms with van der Waals surface area (Å²) in [6, 6.07) is 13.1. The lowest BCUT2D eigenvalue weighted by Gasteiger charge is -2.46. The number of hydrogen-bond acceptors (Lipinski definition) is 5. The number of carbonyl (C=O) groups excluding carboxylic acids is 1. The summed E-state index contributed by atoms with van der Waals surface area (Å²) in [6.07, 6.45) is 0.428. The first-order valence-electron chi connectivity index (χ1n) is 10.6. The van der Waals surface area contributed by atoms with Crippen molar-refractivity contribution >= 4 is 11.6 Å². The zero-order valence-electron chi connectivity index (χ0n) is 18.6. The molecule has 1 saturated heterocycles. The van der Waals surface area contributed by atoms with Crippen molar-refractivity contribution in [2.24, 2.45) is 5.92 Å². The SMILES string of the molecule is COc1cccc([C@@]2(O)CCN(C(=O)C(C)Nc3cccc(F)c3)C[C@@H]2CN(C)C)c1. The maximum atomic E-state index is 13.5. The number of nitrogens with one attached hydrogen (secondary N) is 1. The van der Waals surface area contributed by atoms with Gasteiger partial charge in [-0.25, -0.2) is 4.39 Å². The minimum absolute atomic E-state index is 0.0688. The van der Waals surface area contributed by atoms with Crippen LogP contribution < -0.4 is 10.1 Å². The van der Waals surface area contributed by atoms with Crippen LogP contribution in [0.1, 0.15) is 18.9 Å². The molecule has 31 heavy (non-hydrogen) atoms. The average Bonchev–Trinajstić information content (AvgIpc) is 2.74. The standard InChI is InChI=1S/C24H32FN3O3/c1-17(26-21-9-6-8-20(25)14-21)23(29)28-12-11-24(30,19(16-28)15-27(2)3)18-7-5-10-22(13-18)31-4/h5-10,13-14,17,19,26,30H,11-12,15-16H2,1-4H3/t17?,19-,24-/m0/s1. The molecular weight excluding hydrogens is 397 g/mol. The van der Waals surface area contributed by atoms with Crippen LogP contribution in [0.4, 0.5) is 10.1 Å². The number of methoxy groups -OCH3 is 1. The van der Waals surface area contributed by atoms with E-state index in [0.29, 0.717) is 37.5 Å². The highest BCUT2D eigenvalue weighted by molar-refractivity contribution is 5.84. The Kier molecular flexibility index (Phi) is 7.18. The predicted molar refractivity (Wildman–Crippen MR) is 120 cm³/mol. The summed E-state index contributed by atoms with van der Waals surface area (Å²) in [5.41, 5.74) is 0.307. The number of benzene rings is 2. The van der Waals surface area contributed by atoms with Crippen molar-refractivity contribution in [3.8, 4) is 5.75 Å². The monoisotopic (exact) mass is 429 g/mol. The Hall–Kier alpha value is -2.64. The number of nitrogens with zero attached hydrogens (tertiary/aromatic N) is 2. The van der Waals surface area contributed by atoms with Crippen LogP contribution in [0.2, 0.25) is 0 Å². The molecule has 1 aliphatic rings. The Morgan fingerprint density at radius 3 is 2.74 bits per heavy atom. The Labute approximate surface area is 183 Å². The third-order valence-electron chi connectivity index (χ3n) is 5.92. The summed E-state index contributed by atoms with van der Waals surface area (Å²) in [4.78, 5) is 16.9. The number of hydrogen-bond donors (Lipinski definition) is 2. The highest BCUT2D eigenvalue weighted by Gasteiger charge is 2.44. The lowest BCUT2D eigenvalue weighted by atomic mass is 9.75. The number of aliphatic hydroxyl groups is 1. The zero-order valence-corrected chi connectivity index (χ0v) is 18.6. The molecule has 2 N–H and O–H groups in total. The van der Waals surface area contributed by atoms with Crippen molar-refractivity contribution in [3.63, 3.8) is 0 Å². The van der Waals surface area contributed by atoms with Gasteiger partial charge in [0.2, 0.25) is 5.91 Å². The van der Waals surface area contributed by atoms with Crippen molar-refractivity contribution in [2.75, 3.05) is 46.2 Å². The number of anilines is 1. The van der Waals surface area contributed by atoms with Gasteiger partial charge in [0.1, 0.15) is 17.6 Å². The fourth-order valence-corrected chi connectivity index (χ4v) is 4.30. The summed E-state index contributed by atoms with van der Waals surface area (Å²) < 4.78 is 18.8. The number of amides is 1. The molecule has 3 rings (SSSR count). The first-order valence-corrected chi connectivity index (χ1v) is 10.6. The fourth-order valence-electron chi connectivity index (χ4n) is 4.30. The first kappa shape index (κ1) is 23.0. The van der Waals surface area contributed by atoms with E-state index in [0.717, 1.165) is 5.56 Å². The second-order valence-corrected chi connectivity index (χ2v) is 8.53. The van der Waals surface area contributed by atoms with Crippen LogP contribution in [0.5, 0.6) is 5.75 Å². The van der Waals surface area contributed by atoms with E-state index in [2.05, 4.69) is 5.32 Å². The highest BCUT2D eigenvalue weighted by Crippen LogP contribution is 2.39. The van der Waals surface area contributed by atoms with Crippen LogP contribution in [0.3, 0.4) is 0 Å². The molecule has 1 amide bonds. The minimum Gasteiger partial charge on any atom is -0.497 e. The minimum atomic E-state index is -1.06. The topological polar surface area (TPSA) is 65.0 Å². The molecule has 1 fully saturated rings. The van der Waals surface area contributed by atoms with Gasteiger partial charge in [-0.3, -0.25) is 4.79 Å². The quantitative estimate of drug-likeness (QED) is 0.709. The Morgan fingerprint density at radius 2 is 2.06 bits per heavy atom. The van der Waals surface area contributed by atoms with Gasteiger partial charge in [0, 0.05) is 31.2 Å². The largest absolute Gasteiger partial charge is 0.497 e. The van der Waals surface area contributed by atoms with Gasteiger partial charge in [-0.15, -0.1) is 0 Å². The summed E-state index contributed by atoms with van der Waals surface area (Å²) in [7, 11) is 5.52. The molecule has 7 heteroatoms. The summed E-state index contributed by atoms with van der Waals surface area (Å²) in [6.45, 7) is 3.27. The third kappa shape index (κ3) is 5.35. The van der Waals surface area contributed by atoms with Crippen LogP contribution in [-0.4, -0.2) is 67.7 Å². The zero-order chi connectivity index (χ0) is 22.6. The molecule has 0 aliphatic carbocycles. The molecule has 0 bridgehead atoms. The molecule has 0 saturated carbocycles. The molecule has 1 unspecified atom stereocenters. The smallest absolute Gasteiger partial charge is 0.244 e. The van der Waals surface area contributed by atoms with E-state index < -0.39 is 11.6 Å². The van der Waals surface area contributed by atoms with E-state index >= 15 is 0 Å². The van der Waals surface area contributed by atoms with Crippen molar-refractivity contribution in [3.05, 3.63) is 59.9 Å². The van der Waals surface area contributed by atoms with Gasteiger partial charge in [-0.1, -0.05) is 18.2 Å². The molecule has 6 nitrogen and oxygen atoms in total. The van der Waals surface area contributed by atoms with Crippen LogP contribution in [0.15, 0.2) is 48.5 Å². The van der Waals surface area contributed by atoms with E-state index in [-0.39, 0.29) is 17.6 Å². The summed E-state index contributed by atoms with van der Waals surface area (Å²) in [5.74, 6) is 0.104. The van der Waals surface area contributed by atoms with Crippen LogP contribution in [0.25, 0.3) is 0 Å². The molecule has 0 spiro atoms. The number of ether oxygens (including phenoxy) is 1. The van der Waals surface area contributed by atoms with E-state index in [4.69, 9.17) is 4.74 Å². The normalized spacial score (nSPS) is 22.3. The summed E-state index contributed by atoms with van der Waals surface area (Å²) >= 11 is 0. The fraction of sp³-hybridized carbons (Fsp3) is 0.458. The van der Waals surface area contributed by atoms with Gasteiger partial charge in [-0.2, -0.15) is 0 Å². The van der Waals surface area contributed by atoms with E-state index in [1.165, 1.54) is 12.1 Å².